The lowest BCUT2D eigenvalue weighted by Gasteiger charge is -2.31. The zero-order valence-corrected chi connectivity index (χ0v) is 15.8. The molecule has 6 nitrogen and oxygen atoms in total. The molecule has 0 bridgehead atoms. The van der Waals surface area contributed by atoms with Crippen molar-refractivity contribution in [2.75, 3.05) is 24.5 Å². The average molecular weight is 382 g/mol. The second-order valence-electron chi connectivity index (χ2n) is 6.79. The van der Waals surface area contributed by atoms with Gasteiger partial charge in [0.2, 0.25) is 5.91 Å². The van der Waals surface area contributed by atoms with Crippen LogP contribution in [-0.2, 0) is 11.2 Å². The molecule has 1 amide bonds. The Morgan fingerprint density at radius 2 is 2.04 bits per heavy atom. The minimum atomic E-state index is -0.174. The van der Waals surface area contributed by atoms with Crippen molar-refractivity contribution in [3.05, 3.63) is 57.0 Å². The molecule has 3 aromatic rings. The maximum absolute atomic E-state index is 12.4. The van der Waals surface area contributed by atoms with Crippen LogP contribution in [0.15, 0.2) is 46.6 Å². The number of piperidine rings is 1. The SMILES string of the molecule is O=C(NCCc1cccs1)C1CCN(c2nc3ccccc3[nH]c2=O)CC1. The Hall–Kier alpha value is -2.67. The summed E-state index contributed by atoms with van der Waals surface area (Å²) in [4.78, 5) is 35.5. The van der Waals surface area contributed by atoms with Gasteiger partial charge in [0.1, 0.15) is 0 Å². The van der Waals surface area contributed by atoms with Crippen molar-refractivity contribution >= 4 is 34.1 Å². The molecule has 2 N–H and O–H groups in total. The summed E-state index contributed by atoms with van der Waals surface area (Å²) in [7, 11) is 0. The number of anilines is 1. The Balaban J connectivity index is 1.34. The number of hydrogen-bond acceptors (Lipinski definition) is 5. The molecule has 0 aliphatic carbocycles. The van der Waals surface area contributed by atoms with Crippen molar-refractivity contribution in [1.29, 1.82) is 0 Å². The van der Waals surface area contributed by atoms with Gasteiger partial charge in [-0.1, -0.05) is 18.2 Å². The van der Waals surface area contributed by atoms with E-state index in [4.69, 9.17) is 0 Å². The molecule has 0 saturated carbocycles. The molecule has 1 aliphatic rings. The molecule has 27 heavy (non-hydrogen) atoms. The number of nitrogens with one attached hydrogen (secondary N) is 2. The smallest absolute Gasteiger partial charge is 0.291 e. The molecule has 7 heteroatoms. The predicted molar refractivity (Wildman–Crippen MR) is 108 cm³/mol. The van der Waals surface area contributed by atoms with Gasteiger partial charge in [-0.05, 0) is 42.8 Å². The third kappa shape index (κ3) is 4.03. The predicted octanol–water partition coefficient (Wildman–Crippen LogP) is 2.56. The highest BCUT2D eigenvalue weighted by atomic mass is 32.1. The number of fused-ring (bicyclic) bond motifs is 1. The lowest BCUT2D eigenvalue weighted by atomic mass is 9.96. The normalized spacial score (nSPS) is 15.2. The standard InChI is InChI=1S/C20H22N4O2S/c25-19(21-10-7-15-4-3-13-27-15)14-8-11-24(12-9-14)18-20(26)23-17-6-2-1-5-16(17)22-18/h1-6,13-14H,7-12H2,(H,21,25)(H,23,26). The monoisotopic (exact) mass is 382 g/mol. The van der Waals surface area contributed by atoms with E-state index < -0.39 is 0 Å². The summed E-state index contributed by atoms with van der Waals surface area (Å²) < 4.78 is 0. The Morgan fingerprint density at radius 1 is 1.22 bits per heavy atom. The number of aromatic amines is 1. The van der Waals surface area contributed by atoms with E-state index in [1.807, 2.05) is 35.2 Å². The Bertz CT molecular complexity index is 975. The highest BCUT2D eigenvalue weighted by Crippen LogP contribution is 2.21. The van der Waals surface area contributed by atoms with Crippen LogP contribution in [0.4, 0.5) is 5.82 Å². The number of thiophene rings is 1. The topological polar surface area (TPSA) is 78.1 Å². The van der Waals surface area contributed by atoms with E-state index in [0.717, 1.165) is 30.3 Å². The van der Waals surface area contributed by atoms with Crippen LogP contribution in [0.3, 0.4) is 0 Å². The first-order chi connectivity index (χ1) is 13.2. The second kappa shape index (κ2) is 7.92. The third-order valence-corrected chi connectivity index (χ3v) is 5.93. The van der Waals surface area contributed by atoms with Crippen LogP contribution in [0.2, 0.25) is 0 Å². The maximum Gasteiger partial charge on any atom is 0.291 e. The van der Waals surface area contributed by atoms with Gasteiger partial charge in [0.25, 0.3) is 5.56 Å². The van der Waals surface area contributed by atoms with Crippen LogP contribution in [0.25, 0.3) is 11.0 Å². The number of H-pyrrole nitrogens is 1. The maximum atomic E-state index is 12.4. The number of hydrogen-bond donors (Lipinski definition) is 2. The first-order valence-corrected chi connectivity index (χ1v) is 10.1. The van der Waals surface area contributed by atoms with Gasteiger partial charge in [-0.15, -0.1) is 11.3 Å². The van der Waals surface area contributed by atoms with Crippen LogP contribution >= 0.6 is 11.3 Å². The van der Waals surface area contributed by atoms with E-state index in [2.05, 4.69) is 26.7 Å². The fourth-order valence-electron chi connectivity index (χ4n) is 3.50. The molecule has 3 heterocycles. The van der Waals surface area contributed by atoms with Gasteiger partial charge in [0.15, 0.2) is 5.82 Å². The van der Waals surface area contributed by atoms with Gasteiger partial charge in [-0.25, -0.2) is 4.98 Å². The van der Waals surface area contributed by atoms with Crippen LogP contribution in [0.5, 0.6) is 0 Å². The first-order valence-electron chi connectivity index (χ1n) is 9.25. The highest BCUT2D eigenvalue weighted by molar-refractivity contribution is 7.09. The summed E-state index contributed by atoms with van der Waals surface area (Å²) in [5.41, 5.74) is 1.35. The number of carbonyl (C=O) groups excluding carboxylic acids is 1. The van der Waals surface area contributed by atoms with Crippen molar-refractivity contribution in [2.24, 2.45) is 5.92 Å². The largest absolute Gasteiger partial charge is 0.355 e. The molecule has 1 fully saturated rings. The average Bonchev–Trinajstić information content (AvgIpc) is 3.21. The van der Waals surface area contributed by atoms with Gasteiger partial charge < -0.3 is 15.2 Å². The van der Waals surface area contributed by atoms with Gasteiger partial charge in [0.05, 0.1) is 11.0 Å². The number of benzene rings is 1. The Labute approximate surface area is 161 Å². The summed E-state index contributed by atoms with van der Waals surface area (Å²) in [5.74, 6) is 0.570. The van der Waals surface area contributed by atoms with E-state index in [-0.39, 0.29) is 17.4 Å². The summed E-state index contributed by atoms with van der Waals surface area (Å²) in [6.07, 6.45) is 2.34. The van der Waals surface area contributed by atoms with E-state index >= 15 is 0 Å². The minimum Gasteiger partial charge on any atom is -0.355 e. The van der Waals surface area contributed by atoms with Gasteiger partial charge in [-0.2, -0.15) is 0 Å². The lowest BCUT2D eigenvalue weighted by molar-refractivity contribution is -0.125. The van der Waals surface area contributed by atoms with Gasteiger partial charge >= 0.3 is 0 Å². The fraction of sp³-hybridized carbons (Fsp3) is 0.350. The van der Waals surface area contributed by atoms with Gasteiger partial charge in [0, 0.05) is 30.4 Å². The minimum absolute atomic E-state index is 0.00382. The van der Waals surface area contributed by atoms with Crippen LogP contribution < -0.4 is 15.8 Å². The molecule has 0 spiro atoms. The first kappa shape index (κ1) is 17.7. The Morgan fingerprint density at radius 3 is 2.81 bits per heavy atom. The summed E-state index contributed by atoms with van der Waals surface area (Å²) in [6.45, 7) is 2.00. The lowest BCUT2D eigenvalue weighted by Crippen LogP contribution is -2.42. The van der Waals surface area contributed by atoms with E-state index in [1.165, 1.54) is 4.88 Å². The number of aromatic nitrogens is 2. The highest BCUT2D eigenvalue weighted by Gasteiger charge is 2.26. The molecule has 0 radical (unpaired) electrons. The van der Waals surface area contributed by atoms with Crippen molar-refractivity contribution in [3.8, 4) is 0 Å². The summed E-state index contributed by atoms with van der Waals surface area (Å²) in [6, 6.07) is 11.6. The van der Waals surface area contributed by atoms with E-state index in [9.17, 15) is 9.59 Å². The summed E-state index contributed by atoms with van der Waals surface area (Å²) >= 11 is 1.71. The molecular formula is C20H22N4O2S. The number of nitrogens with zero attached hydrogens (tertiary/aromatic N) is 2. The molecule has 1 saturated heterocycles. The molecule has 1 aromatic carbocycles. The quantitative estimate of drug-likeness (QED) is 0.711. The van der Waals surface area contributed by atoms with Gasteiger partial charge in [-0.3, -0.25) is 9.59 Å². The van der Waals surface area contributed by atoms with Crippen molar-refractivity contribution in [1.82, 2.24) is 15.3 Å². The van der Waals surface area contributed by atoms with Crippen LogP contribution in [0, 0.1) is 5.92 Å². The Kier molecular flexibility index (Phi) is 5.20. The third-order valence-electron chi connectivity index (χ3n) is 5.00. The van der Waals surface area contributed by atoms with Crippen LogP contribution in [0.1, 0.15) is 17.7 Å². The summed E-state index contributed by atoms with van der Waals surface area (Å²) in [5, 5.41) is 5.10. The van der Waals surface area contributed by atoms with E-state index in [0.29, 0.717) is 25.5 Å². The van der Waals surface area contributed by atoms with Crippen LogP contribution in [-0.4, -0.2) is 35.5 Å². The number of rotatable bonds is 5. The number of amides is 1. The van der Waals surface area contributed by atoms with Crippen molar-refractivity contribution in [3.63, 3.8) is 0 Å². The number of carbonyl (C=O) groups is 1. The zero-order valence-electron chi connectivity index (χ0n) is 15.0. The van der Waals surface area contributed by atoms with Crippen molar-refractivity contribution < 1.29 is 4.79 Å². The van der Waals surface area contributed by atoms with E-state index in [1.54, 1.807) is 11.3 Å². The zero-order chi connectivity index (χ0) is 18.6. The number of para-hydroxylation sites is 2. The fourth-order valence-corrected chi connectivity index (χ4v) is 4.20. The second-order valence-corrected chi connectivity index (χ2v) is 7.82. The molecule has 4 rings (SSSR count). The van der Waals surface area contributed by atoms with Crippen molar-refractivity contribution in [2.45, 2.75) is 19.3 Å². The molecule has 140 valence electrons. The molecular weight excluding hydrogens is 360 g/mol. The molecule has 2 aromatic heterocycles. The molecule has 0 unspecified atom stereocenters. The molecule has 0 atom stereocenters. The molecule has 1 aliphatic heterocycles.